The van der Waals surface area contributed by atoms with Gasteiger partial charge in [0.25, 0.3) is 0 Å². The van der Waals surface area contributed by atoms with E-state index in [1.165, 1.54) is 0 Å². The van der Waals surface area contributed by atoms with Gasteiger partial charge in [-0.2, -0.15) is 0 Å². The SMILES string of the molecule is Cn1nncc1C(C)(CN)CO. The predicted molar refractivity (Wildman–Crippen MR) is 44.5 cm³/mol. The van der Waals surface area contributed by atoms with Gasteiger partial charge in [0, 0.05) is 19.0 Å². The van der Waals surface area contributed by atoms with E-state index in [2.05, 4.69) is 10.3 Å². The zero-order valence-electron chi connectivity index (χ0n) is 7.36. The first-order chi connectivity index (χ1) is 5.64. The molecule has 1 heterocycles. The van der Waals surface area contributed by atoms with Crippen LogP contribution in [0.2, 0.25) is 0 Å². The summed E-state index contributed by atoms with van der Waals surface area (Å²) in [6.07, 6.45) is 1.63. The van der Waals surface area contributed by atoms with Crippen LogP contribution in [-0.2, 0) is 12.5 Å². The molecule has 1 unspecified atom stereocenters. The Kier molecular flexibility index (Phi) is 2.44. The van der Waals surface area contributed by atoms with Crippen LogP contribution in [0.4, 0.5) is 0 Å². The highest BCUT2D eigenvalue weighted by molar-refractivity contribution is 5.12. The Morgan fingerprint density at radius 2 is 2.42 bits per heavy atom. The molecule has 68 valence electrons. The van der Waals surface area contributed by atoms with E-state index in [1.54, 1.807) is 17.9 Å². The van der Waals surface area contributed by atoms with Gasteiger partial charge in [-0.3, -0.25) is 4.68 Å². The first-order valence-electron chi connectivity index (χ1n) is 3.80. The number of nitrogens with zero attached hydrogens (tertiary/aromatic N) is 3. The Bertz CT molecular complexity index is 254. The topological polar surface area (TPSA) is 77.0 Å². The Hall–Kier alpha value is -0.940. The van der Waals surface area contributed by atoms with Crippen LogP contribution < -0.4 is 5.73 Å². The molecule has 0 aliphatic carbocycles. The van der Waals surface area contributed by atoms with Crippen LogP contribution in [0.3, 0.4) is 0 Å². The molecular weight excluding hydrogens is 156 g/mol. The highest BCUT2D eigenvalue weighted by Gasteiger charge is 2.27. The average molecular weight is 170 g/mol. The second-order valence-electron chi connectivity index (χ2n) is 3.17. The van der Waals surface area contributed by atoms with E-state index in [1.807, 2.05) is 6.92 Å². The van der Waals surface area contributed by atoms with Crippen molar-refractivity contribution in [2.75, 3.05) is 13.2 Å². The molecule has 0 saturated carbocycles. The molecular formula is C7H14N4O. The molecule has 0 spiro atoms. The Balaban J connectivity index is 3.02. The Morgan fingerprint density at radius 1 is 1.75 bits per heavy atom. The smallest absolute Gasteiger partial charge is 0.0732 e. The highest BCUT2D eigenvalue weighted by atomic mass is 16.3. The largest absolute Gasteiger partial charge is 0.395 e. The van der Waals surface area contributed by atoms with Crippen LogP contribution in [0.25, 0.3) is 0 Å². The number of aliphatic hydroxyl groups is 1. The monoisotopic (exact) mass is 170 g/mol. The summed E-state index contributed by atoms with van der Waals surface area (Å²) >= 11 is 0. The van der Waals surface area contributed by atoms with Crippen LogP contribution in [0.15, 0.2) is 6.20 Å². The van der Waals surface area contributed by atoms with E-state index >= 15 is 0 Å². The van der Waals surface area contributed by atoms with Crippen molar-refractivity contribution in [1.29, 1.82) is 0 Å². The second-order valence-corrected chi connectivity index (χ2v) is 3.17. The number of aromatic nitrogens is 3. The minimum Gasteiger partial charge on any atom is -0.395 e. The van der Waals surface area contributed by atoms with Gasteiger partial charge in [-0.05, 0) is 0 Å². The number of nitrogens with two attached hydrogens (primary N) is 1. The molecule has 0 radical (unpaired) electrons. The second kappa shape index (κ2) is 3.20. The lowest BCUT2D eigenvalue weighted by Crippen LogP contribution is -2.37. The number of hydrogen-bond acceptors (Lipinski definition) is 4. The maximum absolute atomic E-state index is 9.13. The summed E-state index contributed by atoms with van der Waals surface area (Å²) in [5.74, 6) is 0. The Morgan fingerprint density at radius 3 is 2.75 bits per heavy atom. The molecule has 0 amide bonds. The summed E-state index contributed by atoms with van der Waals surface area (Å²) in [6, 6.07) is 0. The molecule has 0 saturated heterocycles. The van der Waals surface area contributed by atoms with E-state index in [0.717, 1.165) is 5.69 Å². The van der Waals surface area contributed by atoms with Gasteiger partial charge in [-0.15, -0.1) is 5.10 Å². The summed E-state index contributed by atoms with van der Waals surface area (Å²) in [5, 5.41) is 16.6. The van der Waals surface area contributed by atoms with Gasteiger partial charge in [-0.25, -0.2) is 0 Å². The normalized spacial score (nSPS) is 16.0. The maximum atomic E-state index is 9.13. The highest BCUT2D eigenvalue weighted by Crippen LogP contribution is 2.19. The molecule has 3 N–H and O–H groups in total. The summed E-state index contributed by atoms with van der Waals surface area (Å²) in [4.78, 5) is 0. The van der Waals surface area contributed by atoms with Gasteiger partial charge in [0.2, 0.25) is 0 Å². The number of hydrogen-bond donors (Lipinski definition) is 2. The third-order valence-corrected chi connectivity index (χ3v) is 2.13. The van der Waals surface area contributed by atoms with E-state index in [9.17, 15) is 0 Å². The quantitative estimate of drug-likeness (QED) is 0.611. The zero-order chi connectivity index (χ0) is 9.19. The zero-order valence-corrected chi connectivity index (χ0v) is 7.36. The lowest BCUT2D eigenvalue weighted by atomic mass is 9.88. The van der Waals surface area contributed by atoms with Gasteiger partial charge in [-0.1, -0.05) is 12.1 Å². The van der Waals surface area contributed by atoms with Crippen molar-refractivity contribution in [2.45, 2.75) is 12.3 Å². The molecule has 1 rings (SSSR count). The minimum atomic E-state index is -0.432. The number of aryl methyl sites for hydroxylation is 1. The summed E-state index contributed by atoms with van der Waals surface area (Å²) in [5.41, 5.74) is 5.97. The average Bonchev–Trinajstić information content (AvgIpc) is 2.51. The minimum absolute atomic E-state index is 0.00468. The summed E-state index contributed by atoms with van der Waals surface area (Å²) in [7, 11) is 1.78. The fourth-order valence-corrected chi connectivity index (χ4v) is 1.09. The third-order valence-electron chi connectivity index (χ3n) is 2.13. The standard InChI is InChI=1S/C7H14N4O/c1-7(4-8,5-12)6-3-9-10-11(6)2/h3,12H,4-5,8H2,1-2H3. The molecule has 0 fully saturated rings. The molecule has 0 aliphatic heterocycles. The Labute approximate surface area is 71.2 Å². The molecule has 12 heavy (non-hydrogen) atoms. The van der Waals surface area contributed by atoms with Crippen molar-refractivity contribution >= 4 is 0 Å². The van der Waals surface area contributed by atoms with Gasteiger partial charge in [0.15, 0.2) is 0 Å². The van der Waals surface area contributed by atoms with Crippen molar-refractivity contribution in [2.24, 2.45) is 12.8 Å². The number of aliphatic hydroxyl groups excluding tert-OH is 1. The summed E-state index contributed by atoms with van der Waals surface area (Å²) < 4.78 is 1.63. The van der Waals surface area contributed by atoms with E-state index in [-0.39, 0.29) is 6.61 Å². The number of rotatable bonds is 3. The molecule has 1 atom stereocenters. The first kappa shape index (κ1) is 9.15. The van der Waals surface area contributed by atoms with Crippen LogP contribution in [0.5, 0.6) is 0 Å². The molecule has 1 aromatic heterocycles. The first-order valence-corrected chi connectivity index (χ1v) is 3.80. The van der Waals surface area contributed by atoms with E-state index < -0.39 is 5.41 Å². The van der Waals surface area contributed by atoms with Crippen molar-refractivity contribution in [3.8, 4) is 0 Å². The predicted octanol–water partition coefficient (Wildman–Crippen LogP) is -0.976. The molecule has 0 aromatic carbocycles. The van der Waals surface area contributed by atoms with Crippen molar-refractivity contribution in [1.82, 2.24) is 15.0 Å². The van der Waals surface area contributed by atoms with Crippen LogP contribution >= 0.6 is 0 Å². The lowest BCUT2D eigenvalue weighted by molar-refractivity contribution is 0.203. The third kappa shape index (κ3) is 1.33. The van der Waals surface area contributed by atoms with Gasteiger partial charge in [0.05, 0.1) is 18.5 Å². The molecule has 0 bridgehead atoms. The van der Waals surface area contributed by atoms with Crippen LogP contribution in [0.1, 0.15) is 12.6 Å². The molecule has 5 nitrogen and oxygen atoms in total. The van der Waals surface area contributed by atoms with Crippen LogP contribution in [-0.4, -0.2) is 33.3 Å². The molecule has 1 aromatic rings. The van der Waals surface area contributed by atoms with Crippen LogP contribution in [0, 0.1) is 0 Å². The maximum Gasteiger partial charge on any atom is 0.0732 e. The molecule has 5 heteroatoms. The van der Waals surface area contributed by atoms with Crippen molar-refractivity contribution < 1.29 is 5.11 Å². The summed E-state index contributed by atoms with van der Waals surface area (Å²) in [6.45, 7) is 2.26. The van der Waals surface area contributed by atoms with Gasteiger partial charge in [0.1, 0.15) is 0 Å². The van der Waals surface area contributed by atoms with E-state index in [0.29, 0.717) is 6.54 Å². The molecule has 0 aliphatic rings. The van der Waals surface area contributed by atoms with Gasteiger partial charge < -0.3 is 10.8 Å². The van der Waals surface area contributed by atoms with Crippen molar-refractivity contribution in [3.63, 3.8) is 0 Å². The lowest BCUT2D eigenvalue weighted by Gasteiger charge is -2.24. The van der Waals surface area contributed by atoms with Crippen molar-refractivity contribution in [3.05, 3.63) is 11.9 Å². The fraction of sp³-hybridized carbons (Fsp3) is 0.714. The van der Waals surface area contributed by atoms with E-state index in [4.69, 9.17) is 10.8 Å². The van der Waals surface area contributed by atoms with Gasteiger partial charge >= 0.3 is 0 Å². The fourth-order valence-electron chi connectivity index (χ4n) is 1.09.